The average Bonchev–Trinajstić information content (AvgIpc) is 2.66. The van der Waals surface area contributed by atoms with E-state index in [9.17, 15) is 10.1 Å². The summed E-state index contributed by atoms with van der Waals surface area (Å²) in [7, 11) is 3.56. The Morgan fingerprint density at radius 1 is 1.33 bits per heavy atom. The smallest absolute Gasteiger partial charge is 0.292 e. The zero-order valence-corrected chi connectivity index (χ0v) is 11.2. The summed E-state index contributed by atoms with van der Waals surface area (Å²) < 4.78 is 0. The van der Waals surface area contributed by atoms with E-state index >= 15 is 0 Å². The minimum Gasteiger partial charge on any atom is -0.364 e. The molecule has 0 radical (unpaired) electrons. The highest BCUT2D eigenvalue weighted by Crippen LogP contribution is 2.32. The van der Waals surface area contributed by atoms with Crippen molar-refractivity contribution in [1.29, 1.82) is 5.26 Å². The molecule has 18 heavy (non-hydrogen) atoms. The van der Waals surface area contributed by atoms with Crippen LogP contribution in [0.1, 0.15) is 5.56 Å². The van der Waals surface area contributed by atoms with E-state index in [2.05, 4.69) is 0 Å². The van der Waals surface area contributed by atoms with Crippen molar-refractivity contribution < 1.29 is 4.92 Å². The summed E-state index contributed by atoms with van der Waals surface area (Å²) >= 11 is 0. The first-order valence-electron chi connectivity index (χ1n) is 5.40. The van der Waals surface area contributed by atoms with Crippen LogP contribution in [0.4, 0.5) is 11.4 Å². The van der Waals surface area contributed by atoms with Gasteiger partial charge in [-0.25, -0.2) is 0 Å². The maximum atomic E-state index is 11.0. The molecule has 5 nitrogen and oxygen atoms in total. The van der Waals surface area contributed by atoms with Gasteiger partial charge in [-0.1, -0.05) is 21.6 Å². The molecule has 0 N–H and O–H groups in total. The second-order valence-corrected chi connectivity index (χ2v) is 6.41. The SMILES string of the molecule is N#Cc1ccc([N+](=O)[O-])c(N2CCSSCC2)c1. The molecule has 1 fully saturated rings. The van der Waals surface area contributed by atoms with Crippen LogP contribution in [0.3, 0.4) is 0 Å². The van der Waals surface area contributed by atoms with Crippen LogP contribution < -0.4 is 4.90 Å². The van der Waals surface area contributed by atoms with E-state index in [4.69, 9.17) is 5.26 Å². The number of anilines is 1. The van der Waals surface area contributed by atoms with E-state index in [1.165, 1.54) is 12.1 Å². The van der Waals surface area contributed by atoms with E-state index in [1.807, 2.05) is 11.0 Å². The van der Waals surface area contributed by atoms with Crippen molar-refractivity contribution >= 4 is 33.0 Å². The van der Waals surface area contributed by atoms with Crippen molar-refractivity contribution in [2.24, 2.45) is 0 Å². The molecule has 0 aliphatic carbocycles. The fourth-order valence-corrected chi connectivity index (χ4v) is 3.75. The first kappa shape index (κ1) is 13.1. The van der Waals surface area contributed by atoms with Crippen molar-refractivity contribution in [1.82, 2.24) is 0 Å². The van der Waals surface area contributed by atoms with E-state index in [0.29, 0.717) is 11.3 Å². The van der Waals surface area contributed by atoms with E-state index in [-0.39, 0.29) is 10.6 Å². The van der Waals surface area contributed by atoms with Crippen LogP contribution in [0.15, 0.2) is 18.2 Å². The summed E-state index contributed by atoms with van der Waals surface area (Å²) in [5, 5.41) is 19.9. The van der Waals surface area contributed by atoms with Gasteiger partial charge in [0.25, 0.3) is 5.69 Å². The molecule has 1 aromatic carbocycles. The van der Waals surface area contributed by atoms with Crippen LogP contribution in [0.2, 0.25) is 0 Å². The first-order valence-corrected chi connectivity index (χ1v) is 7.89. The Bertz CT molecular complexity index is 494. The Labute approximate surface area is 113 Å². The summed E-state index contributed by atoms with van der Waals surface area (Å²) in [4.78, 5) is 12.6. The van der Waals surface area contributed by atoms with Crippen molar-refractivity contribution in [3.05, 3.63) is 33.9 Å². The second-order valence-electron chi connectivity index (χ2n) is 3.70. The molecule has 0 atom stereocenters. The average molecular weight is 281 g/mol. The Balaban J connectivity index is 2.39. The zero-order chi connectivity index (χ0) is 13.0. The van der Waals surface area contributed by atoms with Gasteiger partial charge in [-0.3, -0.25) is 10.1 Å². The van der Waals surface area contributed by atoms with Gasteiger partial charge in [-0.05, 0) is 12.1 Å². The van der Waals surface area contributed by atoms with Crippen LogP contribution in [0.5, 0.6) is 0 Å². The molecule has 0 spiro atoms. The lowest BCUT2D eigenvalue weighted by Gasteiger charge is -2.21. The van der Waals surface area contributed by atoms with Gasteiger partial charge in [0.2, 0.25) is 0 Å². The van der Waals surface area contributed by atoms with Gasteiger partial charge in [0.15, 0.2) is 0 Å². The summed E-state index contributed by atoms with van der Waals surface area (Å²) in [5.74, 6) is 1.86. The normalized spacial score (nSPS) is 15.8. The molecule has 1 aliphatic heterocycles. The topological polar surface area (TPSA) is 70.2 Å². The Kier molecular flexibility index (Phi) is 4.33. The van der Waals surface area contributed by atoms with Crippen LogP contribution in [-0.2, 0) is 0 Å². The lowest BCUT2D eigenvalue weighted by molar-refractivity contribution is -0.384. The van der Waals surface area contributed by atoms with Crippen molar-refractivity contribution in [3.8, 4) is 6.07 Å². The van der Waals surface area contributed by atoms with Gasteiger partial charge in [0.1, 0.15) is 5.69 Å². The zero-order valence-electron chi connectivity index (χ0n) is 9.54. The molecular formula is C11H11N3O2S2. The van der Waals surface area contributed by atoms with Crippen LogP contribution >= 0.6 is 21.6 Å². The lowest BCUT2D eigenvalue weighted by Crippen LogP contribution is -2.27. The summed E-state index contributed by atoms with van der Waals surface area (Å²) in [6, 6.07) is 6.54. The van der Waals surface area contributed by atoms with E-state index in [1.54, 1.807) is 27.7 Å². The summed E-state index contributed by atoms with van der Waals surface area (Å²) in [6.45, 7) is 1.54. The highest BCUT2D eigenvalue weighted by molar-refractivity contribution is 8.76. The minimum atomic E-state index is -0.387. The van der Waals surface area contributed by atoms with Gasteiger partial charge in [-0.2, -0.15) is 5.26 Å². The third-order valence-electron chi connectivity index (χ3n) is 2.61. The summed E-state index contributed by atoms with van der Waals surface area (Å²) in [5.41, 5.74) is 1.09. The fourth-order valence-electron chi connectivity index (χ4n) is 1.77. The number of nitro groups is 1. The molecule has 2 rings (SSSR count). The molecule has 0 bridgehead atoms. The summed E-state index contributed by atoms with van der Waals surface area (Å²) in [6.07, 6.45) is 0. The van der Waals surface area contributed by atoms with Gasteiger partial charge in [0, 0.05) is 30.7 Å². The van der Waals surface area contributed by atoms with Crippen molar-refractivity contribution in [3.63, 3.8) is 0 Å². The highest BCUT2D eigenvalue weighted by Gasteiger charge is 2.21. The van der Waals surface area contributed by atoms with Crippen LogP contribution in [0, 0.1) is 21.4 Å². The molecule has 1 heterocycles. The highest BCUT2D eigenvalue weighted by atomic mass is 33.1. The molecule has 1 aromatic rings. The predicted octanol–water partition coefficient (Wildman–Crippen LogP) is 2.67. The molecule has 94 valence electrons. The molecule has 7 heteroatoms. The predicted molar refractivity (Wildman–Crippen MR) is 74.9 cm³/mol. The Hall–Kier alpha value is -1.39. The third-order valence-corrected chi connectivity index (χ3v) is 4.98. The van der Waals surface area contributed by atoms with Crippen molar-refractivity contribution in [2.45, 2.75) is 0 Å². The third kappa shape index (κ3) is 2.89. The largest absolute Gasteiger partial charge is 0.364 e. The van der Waals surface area contributed by atoms with Crippen LogP contribution in [-0.4, -0.2) is 29.5 Å². The number of nitro benzene ring substituents is 1. The number of benzene rings is 1. The van der Waals surface area contributed by atoms with Gasteiger partial charge in [-0.15, -0.1) is 0 Å². The molecule has 1 aliphatic rings. The van der Waals surface area contributed by atoms with E-state index in [0.717, 1.165) is 24.6 Å². The number of hydrogen-bond acceptors (Lipinski definition) is 6. The molecule has 1 saturated heterocycles. The molecule has 0 saturated carbocycles. The molecular weight excluding hydrogens is 270 g/mol. The quantitative estimate of drug-likeness (QED) is 0.471. The molecule has 0 unspecified atom stereocenters. The monoisotopic (exact) mass is 281 g/mol. The first-order chi connectivity index (χ1) is 8.72. The van der Waals surface area contributed by atoms with Crippen molar-refractivity contribution in [2.75, 3.05) is 29.5 Å². The second kappa shape index (κ2) is 5.98. The number of nitrogens with zero attached hydrogens (tertiary/aromatic N) is 3. The van der Waals surface area contributed by atoms with Gasteiger partial charge >= 0.3 is 0 Å². The minimum absolute atomic E-state index is 0.0749. The fraction of sp³-hybridized carbons (Fsp3) is 0.364. The maximum absolute atomic E-state index is 11.0. The molecule has 0 aromatic heterocycles. The molecule has 0 amide bonds. The number of rotatable bonds is 2. The van der Waals surface area contributed by atoms with Gasteiger partial charge < -0.3 is 4.90 Å². The standard InChI is InChI=1S/C11H11N3O2S2/c12-8-9-1-2-10(14(15)16)11(7-9)13-3-5-17-18-6-4-13/h1-2,7H,3-6H2. The maximum Gasteiger partial charge on any atom is 0.292 e. The number of hydrogen-bond donors (Lipinski definition) is 0. The van der Waals surface area contributed by atoms with E-state index < -0.39 is 0 Å². The number of nitriles is 1. The Morgan fingerprint density at radius 3 is 2.56 bits per heavy atom. The van der Waals surface area contributed by atoms with Crippen LogP contribution in [0.25, 0.3) is 0 Å². The van der Waals surface area contributed by atoms with Gasteiger partial charge in [0.05, 0.1) is 16.6 Å². The Morgan fingerprint density at radius 2 is 2.00 bits per heavy atom. The lowest BCUT2D eigenvalue weighted by atomic mass is 10.1.